The molecule has 9 nitrogen and oxygen atoms in total. The number of halogens is 1. The molecule has 2 aliphatic heterocycles. The summed E-state index contributed by atoms with van der Waals surface area (Å²) in [6, 6.07) is -0.490. The zero-order valence-electron chi connectivity index (χ0n) is 13.2. The van der Waals surface area contributed by atoms with Crippen LogP contribution in [0.1, 0.15) is 13.8 Å². The molecule has 1 fully saturated rings. The zero-order chi connectivity index (χ0) is 17.9. The van der Waals surface area contributed by atoms with Gasteiger partial charge in [-0.2, -0.15) is 10.3 Å². The summed E-state index contributed by atoms with van der Waals surface area (Å²) in [5.74, 6) is -1.74. The third-order valence-electron chi connectivity index (χ3n) is 3.59. The number of hydrogen-bond acceptors (Lipinski definition) is 6. The predicted octanol–water partition coefficient (Wildman–Crippen LogP) is -0.149. The monoisotopic (exact) mass is 340 g/mol. The predicted molar refractivity (Wildman–Crippen MR) is 76.5 cm³/mol. The van der Waals surface area contributed by atoms with Gasteiger partial charge in [0.05, 0.1) is 25.3 Å². The van der Waals surface area contributed by atoms with Crippen LogP contribution in [0.5, 0.6) is 0 Å². The first-order valence-electron chi connectivity index (χ1n) is 7.31. The number of esters is 1. The number of fused-ring (bicyclic) bond motifs is 2. The van der Waals surface area contributed by atoms with Gasteiger partial charge < -0.3 is 15.0 Å². The molecule has 24 heavy (non-hydrogen) atoms. The first-order chi connectivity index (χ1) is 11.4. The molecule has 0 aromatic heterocycles. The van der Waals surface area contributed by atoms with E-state index in [4.69, 9.17) is 10.1 Å². The number of carbonyl (C=O) groups excluding carboxylic acids is 3. The molecule has 3 atom stereocenters. The summed E-state index contributed by atoms with van der Waals surface area (Å²) in [7, 11) is 0. The second kappa shape index (κ2) is 7.27. The molecule has 0 saturated carbocycles. The van der Waals surface area contributed by atoms with Crippen LogP contribution in [0.2, 0.25) is 0 Å². The van der Waals surface area contributed by atoms with Crippen molar-refractivity contribution < 1.29 is 28.3 Å². The normalized spacial score (nSPS) is 23.4. The Kier molecular flexibility index (Phi) is 5.35. The van der Waals surface area contributed by atoms with E-state index in [0.29, 0.717) is 5.57 Å². The summed E-state index contributed by atoms with van der Waals surface area (Å²) >= 11 is 0. The molecule has 2 heterocycles. The fourth-order valence-electron chi connectivity index (χ4n) is 2.64. The van der Waals surface area contributed by atoms with Crippen molar-refractivity contribution in [3.8, 4) is 6.07 Å². The number of nitriles is 1. The number of amides is 3. The van der Waals surface area contributed by atoms with Crippen LogP contribution in [0.3, 0.4) is 0 Å². The largest absolute Gasteiger partial charge is 0.462 e. The molecule has 0 aliphatic carbocycles. The molecule has 10 heteroatoms. The Labute approximate surface area is 137 Å². The number of nitrogens with one attached hydrogen (secondary N) is 1. The molecule has 2 rings (SSSR count). The molecule has 3 amide bonds. The second-order valence-electron chi connectivity index (χ2n) is 5.19. The summed E-state index contributed by atoms with van der Waals surface area (Å²) < 4.78 is 18.2. The second-order valence-corrected chi connectivity index (χ2v) is 5.19. The fourth-order valence-corrected chi connectivity index (χ4v) is 2.64. The zero-order valence-corrected chi connectivity index (χ0v) is 13.2. The Balaban J connectivity index is 2.11. The molecule has 0 spiro atoms. The molecule has 0 aromatic rings. The highest BCUT2D eigenvalue weighted by atomic mass is 19.1. The molecule has 2 bridgehead atoms. The first-order valence-corrected chi connectivity index (χ1v) is 7.31. The third kappa shape index (κ3) is 3.30. The van der Waals surface area contributed by atoms with E-state index >= 15 is 0 Å². The number of alkyl halides is 1. The Morgan fingerprint density at radius 3 is 2.92 bits per heavy atom. The Morgan fingerprint density at radius 2 is 2.29 bits per heavy atom. The van der Waals surface area contributed by atoms with Crippen LogP contribution in [0.25, 0.3) is 0 Å². The van der Waals surface area contributed by atoms with Gasteiger partial charge in [0.1, 0.15) is 12.6 Å². The number of urea groups is 1. The van der Waals surface area contributed by atoms with Crippen LogP contribution < -0.4 is 5.32 Å². The molecule has 1 saturated heterocycles. The number of ether oxygens (including phenoxy) is 1. The molecule has 130 valence electrons. The minimum atomic E-state index is -2.44. The van der Waals surface area contributed by atoms with Gasteiger partial charge in [-0.1, -0.05) is 6.08 Å². The lowest BCUT2D eigenvalue weighted by Gasteiger charge is -2.28. The number of carbonyl (C=O) groups is 3. The van der Waals surface area contributed by atoms with E-state index in [1.165, 1.54) is 11.8 Å². The van der Waals surface area contributed by atoms with E-state index < -0.39 is 36.3 Å². The Morgan fingerprint density at radius 1 is 1.58 bits per heavy atom. The molecule has 2 aliphatic rings. The molecule has 1 N–H and O–H groups in total. The van der Waals surface area contributed by atoms with E-state index in [0.717, 1.165) is 5.06 Å². The van der Waals surface area contributed by atoms with Crippen LogP contribution >= 0.6 is 0 Å². The van der Waals surface area contributed by atoms with Crippen molar-refractivity contribution in [1.82, 2.24) is 15.3 Å². The van der Waals surface area contributed by atoms with E-state index in [9.17, 15) is 18.8 Å². The third-order valence-corrected chi connectivity index (χ3v) is 3.59. The van der Waals surface area contributed by atoms with Crippen molar-refractivity contribution in [3.05, 3.63) is 11.6 Å². The average Bonchev–Trinajstić information content (AvgIpc) is 2.78. The van der Waals surface area contributed by atoms with E-state index in [-0.39, 0.29) is 19.7 Å². The number of hydrogen-bond donors (Lipinski definition) is 1. The van der Waals surface area contributed by atoms with Crippen molar-refractivity contribution in [2.45, 2.75) is 32.3 Å². The van der Waals surface area contributed by atoms with Crippen LogP contribution in [0.4, 0.5) is 9.18 Å². The Bertz CT molecular complexity index is 617. The van der Waals surface area contributed by atoms with Gasteiger partial charge in [-0.15, -0.1) is 0 Å². The van der Waals surface area contributed by atoms with E-state index in [2.05, 4.69) is 10.1 Å². The van der Waals surface area contributed by atoms with E-state index in [1.54, 1.807) is 19.1 Å². The minimum absolute atomic E-state index is 0.0216. The summed E-state index contributed by atoms with van der Waals surface area (Å²) in [5.41, 5.74) is 0.563. The first kappa shape index (κ1) is 17.7. The van der Waals surface area contributed by atoms with E-state index in [1.807, 2.05) is 0 Å². The highest BCUT2D eigenvalue weighted by Crippen LogP contribution is 2.30. The van der Waals surface area contributed by atoms with Crippen molar-refractivity contribution in [3.63, 3.8) is 0 Å². The van der Waals surface area contributed by atoms with Crippen molar-refractivity contribution >= 4 is 17.9 Å². The lowest BCUT2D eigenvalue weighted by atomic mass is 10.00. The van der Waals surface area contributed by atoms with Gasteiger partial charge in [0, 0.05) is 0 Å². The maximum atomic E-state index is 13.7. The fraction of sp³-hybridized carbons (Fsp3) is 0.571. The van der Waals surface area contributed by atoms with Crippen molar-refractivity contribution in [2.75, 3.05) is 19.7 Å². The summed E-state index contributed by atoms with van der Waals surface area (Å²) in [4.78, 5) is 41.8. The van der Waals surface area contributed by atoms with Crippen LogP contribution in [0.15, 0.2) is 11.6 Å². The Hall–Kier alpha value is -2.67. The maximum absolute atomic E-state index is 13.7. The number of hydroxylamine groups is 2. The smallest absolute Gasteiger partial charge is 0.370 e. The van der Waals surface area contributed by atoms with Gasteiger partial charge in [-0.25, -0.2) is 18.8 Å². The van der Waals surface area contributed by atoms with Gasteiger partial charge in [-0.05, 0) is 19.4 Å². The molecule has 0 radical (unpaired) electrons. The summed E-state index contributed by atoms with van der Waals surface area (Å²) in [5, 5.41) is 11.6. The van der Waals surface area contributed by atoms with Crippen molar-refractivity contribution in [1.29, 1.82) is 5.26 Å². The van der Waals surface area contributed by atoms with Gasteiger partial charge in [0.2, 0.25) is 5.91 Å². The van der Waals surface area contributed by atoms with Crippen LogP contribution in [-0.2, 0) is 19.2 Å². The number of nitrogens with zero attached hydrogens (tertiary/aromatic N) is 3. The summed E-state index contributed by atoms with van der Waals surface area (Å²) in [6.45, 7) is 3.05. The van der Waals surface area contributed by atoms with Crippen LogP contribution in [0, 0.1) is 11.3 Å². The highest BCUT2D eigenvalue weighted by Gasteiger charge is 2.48. The SMILES string of the molecule is CCOC(=O)[C@H](F)ON1C(=O)N2C[C@H]1C=C(C)[C@H]2C(=O)NCC#N. The topological polar surface area (TPSA) is 112 Å². The van der Waals surface area contributed by atoms with Gasteiger partial charge in [0.15, 0.2) is 0 Å². The average molecular weight is 340 g/mol. The maximum Gasteiger partial charge on any atom is 0.370 e. The lowest BCUT2D eigenvalue weighted by molar-refractivity contribution is -0.223. The quantitative estimate of drug-likeness (QED) is 0.409. The van der Waals surface area contributed by atoms with Crippen molar-refractivity contribution in [2.24, 2.45) is 0 Å². The molecule has 0 unspecified atom stereocenters. The highest BCUT2D eigenvalue weighted by molar-refractivity contribution is 5.91. The molecular weight excluding hydrogens is 323 g/mol. The van der Waals surface area contributed by atoms with Gasteiger partial charge in [0.25, 0.3) is 0 Å². The minimum Gasteiger partial charge on any atom is -0.462 e. The van der Waals surface area contributed by atoms with Gasteiger partial charge >= 0.3 is 18.4 Å². The van der Waals surface area contributed by atoms with Gasteiger partial charge in [-0.3, -0.25) is 4.79 Å². The summed E-state index contributed by atoms with van der Waals surface area (Å²) in [6.07, 6.45) is -0.843. The molecular formula is C14H17FN4O5. The lowest BCUT2D eigenvalue weighted by Crippen LogP contribution is -2.50. The number of rotatable bonds is 6. The van der Waals surface area contributed by atoms with Crippen LogP contribution in [-0.4, -0.2) is 66.0 Å². The standard InChI is InChI=1S/C14H17FN4O5/c1-3-23-13(21)11(15)24-19-9-6-8(2)10(12(20)17-5-4-16)18(7-9)14(19)22/h6,9-11H,3,5,7H2,1-2H3,(H,17,20)/t9-,10+,11-/m1/s1. The molecule has 0 aromatic carbocycles.